The fourth-order valence-electron chi connectivity index (χ4n) is 3.04. The van der Waals surface area contributed by atoms with Crippen molar-refractivity contribution in [3.63, 3.8) is 0 Å². The summed E-state index contributed by atoms with van der Waals surface area (Å²) < 4.78 is 1.26. The molecule has 0 atom stereocenters. The second-order valence-electron chi connectivity index (χ2n) is 6.48. The molecule has 0 amide bonds. The van der Waals surface area contributed by atoms with E-state index in [0.29, 0.717) is 0 Å². The van der Waals surface area contributed by atoms with E-state index in [4.69, 9.17) is 0 Å². The Labute approximate surface area is 132 Å². The zero-order chi connectivity index (χ0) is 16.0. The molecule has 0 N–H and O–H groups in total. The molecule has 0 saturated carbocycles. The first kappa shape index (κ1) is 20.4. The summed E-state index contributed by atoms with van der Waals surface area (Å²) in [5.41, 5.74) is 0. The van der Waals surface area contributed by atoms with Crippen molar-refractivity contribution in [1.29, 1.82) is 0 Å². The Balaban J connectivity index is 4.37. The van der Waals surface area contributed by atoms with Crippen molar-refractivity contribution in [2.45, 2.75) is 85.0 Å². The second-order valence-corrected chi connectivity index (χ2v) is 6.48. The van der Waals surface area contributed by atoms with Gasteiger partial charge in [0.2, 0.25) is 0 Å². The molecule has 0 spiro atoms. The van der Waals surface area contributed by atoms with E-state index < -0.39 is 5.97 Å². The Morgan fingerprint density at radius 1 is 0.714 bits per heavy atom. The van der Waals surface area contributed by atoms with Crippen LogP contribution in [0.25, 0.3) is 0 Å². The van der Waals surface area contributed by atoms with Crippen molar-refractivity contribution in [3.8, 4) is 0 Å². The summed E-state index contributed by atoms with van der Waals surface area (Å²) >= 11 is 0. The maximum absolute atomic E-state index is 10.5. The third-order valence-corrected chi connectivity index (χ3v) is 4.47. The van der Waals surface area contributed by atoms with Crippen LogP contribution in [-0.2, 0) is 4.79 Å². The summed E-state index contributed by atoms with van der Waals surface area (Å²) in [6.07, 6.45) is 10.9. The van der Waals surface area contributed by atoms with Crippen molar-refractivity contribution in [3.05, 3.63) is 0 Å². The summed E-state index contributed by atoms with van der Waals surface area (Å²) in [5.74, 6) is -0.904. The monoisotopic (exact) mass is 299 g/mol. The largest absolute Gasteiger partial charge is 0.550 e. The van der Waals surface area contributed by atoms with Gasteiger partial charge in [-0.25, -0.2) is 0 Å². The minimum atomic E-state index is -0.904. The first-order valence-electron chi connectivity index (χ1n) is 9.15. The van der Waals surface area contributed by atoms with Crippen LogP contribution in [0.5, 0.6) is 0 Å². The van der Waals surface area contributed by atoms with E-state index in [1.807, 2.05) is 0 Å². The molecule has 0 fully saturated rings. The number of nitrogens with zero attached hydrogens (tertiary/aromatic N) is 1. The molecule has 0 rings (SSSR count). The van der Waals surface area contributed by atoms with Crippen LogP contribution in [0.1, 0.15) is 85.0 Å². The highest BCUT2D eigenvalue weighted by molar-refractivity contribution is 5.63. The molecule has 0 aromatic carbocycles. The fraction of sp³-hybridized carbons (Fsp3) is 0.944. The molecular formula is C18H37NO2. The van der Waals surface area contributed by atoms with E-state index in [0.717, 1.165) is 19.3 Å². The van der Waals surface area contributed by atoms with Gasteiger partial charge in [-0.3, -0.25) is 0 Å². The first-order valence-corrected chi connectivity index (χ1v) is 9.15. The highest BCUT2D eigenvalue weighted by atomic mass is 16.4. The van der Waals surface area contributed by atoms with Gasteiger partial charge in [0.05, 0.1) is 26.2 Å². The standard InChI is InChI=1S/C18H37NO2/c1-4-7-14-19(15-8-5-2,16-9-6-3)17-12-10-11-13-18(20)21/h4-17H2,1-3H3. The van der Waals surface area contributed by atoms with Crippen molar-refractivity contribution in [1.82, 2.24) is 0 Å². The van der Waals surface area contributed by atoms with Gasteiger partial charge in [-0.05, 0) is 44.9 Å². The van der Waals surface area contributed by atoms with Crippen molar-refractivity contribution >= 4 is 5.97 Å². The molecule has 3 nitrogen and oxygen atoms in total. The summed E-state index contributed by atoms with van der Waals surface area (Å²) in [4.78, 5) is 10.5. The normalized spacial score (nSPS) is 11.8. The van der Waals surface area contributed by atoms with Gasteiger partial charge in [0.1, 0.15) is 0 Å². The summed E-state index contributed by atoms with van der Waals surface area (Å²) in [5, 5.41) is 10.5. The number of hydrogen-bond donors (Lipinski definition) is 0. The molecule has 126 valence electrons. The van der Waals surface area contributed by atoms with Crippen LogP contribution in [0.4, 0.5) is 0 Å². The number of carbonyl (C=O) groups excluding carboxylic acids is 1. The average molecular weight is 299 g/mol. The molecule has 0 radical (unpaired) electrons. The number of quaternary nitrogens is 1. The van der Waals surface area contributed by atoms with E-state index in [9.17, 15) is 9.90 Å². The zero-order valence-corrected chi connectivity index (χ0v) is 14.7. The minimum Gasteiger partial charge on any atom is -0.550 e. The third-order valence-electron chi connectivity index (χ3n) is 4.47. The lowest BCUT2D eigenvalue weighted by molar-refractivity contribution is -0.929. The molecule has 3 heteroatoms. The van der Waals surface area contributed by atoms with Gasteiger partial charge >= 0.3 is 0 Å². The molecule has 21 heavy (non-hydrogen) atoms. The number of rotatable bonds is 15. The van der Waals surface area contributed by atoms with Gasteiger partial charge in [0.25, 0.3) is 0 Å². The second kappa shape index (κ2) is 13.1. The lowest BCUT2D eigenvalue weighted by Crippen LogP contribution is -2.50. The molecule has 0 aromatic rings. The summed E-state index contributed by atoms with van der Waals surface area (Å²) in [7, 11) is 0. The number of aliphatic carboxylic acids is 1. The van der Waals surface area contributed by atoms with Crippen LogP contribution in [0.3, 0.4) is 0 Å². The molecule has 0 aliphatic heterocycles. The van der Waals surface area contributed by atoms with Gasteiger partial charge in [-0.1, -0.05) is 40.0 Å². The Morgan fingerprint density at radius 2 is 1.14 bits per heavy atom. The predicted octanol–water partition coefficient (Wildman–Crippen LogP) is 3.51. The number of carboxylic acid groups (broad SMARTS) is 1. The van der Waals surface area contributed by atoms with E-state index in [1.54, 1.807) is 0 Å². The van der Waals surface area contributed by atoms with Gasteiger partial charge in [0, 0.05) is 5.97 Å². The highest BCUT2D eigenvalue weighted by Gasteiger charge is 2.24. The lowest BCUT2D eigenvalue weighted by atomic mass is 10.1. The van der Waals surface area contributed by atoms with Gasteiger partial charge in [0.15, 0.2) is 0 Å². The van der Waals surface area contributed by atoms with Gasteiger partial charge in [-0.2, -0.15) is 0 Å². The van der Waals surface area contributed by atoms with Crippen LogP contribution >= 0.6 is 0 Å². The number of carboxylic acids is 1. The molecule has 0 aliphatic rings. The van der Waals surface area contributed by atoms with E-state index in [-0.39, 0.29) is 6.42 Å². The average Bonchev–Trinajstić information content (AvgIpc) is 2.47. The number of carbonyl (C=O) groups is 1. The molecule has 0 aromatic heterocycles. The number of hydrogen-bond acceptors (Lipinski definition) is 2. The fourth-order valence-corrected chi connectivity index (χ4v) is 3.04. The molecule has 0 aliphatic carbocycles. The van der Waals surface area contributed by atoms with Crippen LogP contribution in [0, 0.1) is 0 Å². The Bertz CT molecular complexity index is 232. The quantitative estimate of drug-likeness (QED) is 0.343. The maximum atomic E-state index is 10.5. The molecule has 0 saturated heterocycles. The van der Waals surface area contributed by atoms with Crippen LogP contribution in [-0.4, -0.2) is 36.6 Å². The smallest absolute Gasteiger partial charge is 0.0786 e. The molecular weight excluding hydrogens is 262 g/mol. The Hall–Kier alpha value is -0.570. The summed E-state index contributed by atoms with van der Waals surface area (Å²) in [6, 6.07) is 0. The van der Waals surface area contributed by atoms with Crippen LogP contribution in [0.15, 0.2) is 0 Å². The predicted molar refractivity (Wildman–Crippen MR) is 87.9 cm³/mol. The van der Waals surface area contributed by atoms with Crippen molar-refractivity contribution in [2.75, 3.05) is 26.2 Å². The molecule has 0 bridgehead atoms. The summed E-state index contributed by atoms with van der Waals surface area (Å²) in [6.45, 7) is 12.0. The Kier molecular flexibility index (Phi) is 12.8. The number of unbranched alkanes of at least 4 members (excludes halogenated alkanes) is 5. The van der Waals surface area contributed by atoms with E-state index >= 15 is 0 Å². The van der Waals surface area contributed by atoms with Crippen LogP contribution < -0.4 is 5.11 Å². The zero-order valence-electron chi connectivity index (χ0n) is 14.7. The topological polar surface area (TPSA) is 40.1 Å². The highest BCUT2D eigenvalue weighted by Crippen LogP contribution is 2.17. The van der Waals surface area contributed by atoms with Gasteiger partial charge in [-0.15, -0.1) is 0 Å². The lowest BCUT2D eigenvalue weighted by Gasteiger charge is -2.39. The van der Waals surface area contributed by atoms with Gasteiger partial charge < -0.3 is 14.4 Å². The Morgan fingerprint density at radius 3 is 1.52 bits per heavy atom. The first-order chi connectivity index (χ1) is 10.1. The maximum Gasteiger partial charge on any atom is 0.0786 e. The molecule has 0 heterocycles. The van der Waals surface area contributed by atoms with E-state index in [2.05, 4.69) is 20.8 Å². The van der Waals surface area contributed by atoms with Crippen LogP contribution in [0.2, 0.25) is 0 Å². The molecule has 0 unspecified atom stereocenters. The van der Waals surface area contributed by atoms with Crippen molar-refractivity contribution in [2.24, 2.45) is 0 Å². The third kappa shape index (κ3) is 10.8. The van der Waals surface area contributed by atoms with E-state index in [1.165, 1.54) is 69.2 Å². The minimum absolute atomic E-state index is 0.221. The SMILES string of the molecule is CCCC[N+](CCCC)(CCCC)CCCCCC(=O)[O-]. The van der Waals surface area contributed by atoms with Crippen molar-refractivity contribution < 1.29 is 14.4 Å².